The van der Waals surface area contributed by atoms with Gasteiger partial charge >= 0.3 is 0 Å². The summed E-state index contributed by atoms with van der Waals surface area (Å²) in [6, 6.07) is 5.05. The van der Waals surface area contributed by atoms with E-state index in [1.807, 2.05) is 13.1 Å². The van der Waals surface area contributed by atoms with E-state index in [0.29, 0.717) is 12.2 Å². The van der Waals surface area contributed by atoms with Gasteiger partial charge in [-0.25, -0.2) is 0 Å². The summed E-state index contributed by atoms with van der Waals surface area (Å²) in [7, 11) is 2.00. The predicted molar refractivity (Wildman–Crippen MR) is 80.8 cm³/mol. The summed E-state index contributed by atoms with van der Waals surface area (Å²) >= 11 is 0. The largest absolute Gasteiger partial charge is 0.377 e. The van der Waals surface area contributed by atoms with Crippen LogP contribution in [0.15, 0.2) is 18.2 Å². The predicted octanol–water partition coefficient (Wildman–Crippen LogP) is 1.88. The number of nitro benzene ring substituents is 1. The van der Waals surface area contributed by atoms with Crippen LogP contribution in [0, 0.1) is 10.1 Å². The number of ether oxygens (including phenoxy) is 1. The van der Waals surface area contributed by atoms with Gasteiger partial charge in [-0.05, 0) is 37.9 Å². The first-order valence-corrected chi connectivity index (χ1v) is 7.14. The molecule has 0 aliphatic carbocycles. The van der Waals surface area contributed by atoms with E-state index in [1.165, 1.54) is 6.42 Å². The Hall–Kier alpha value is -1.70. The lowest BCUT2D eigenvalue weighted by atomic mass is 10.1. The molecule has 0 spiro atoms. The van der Waals surface area contributed by atoms with Gasteiger partial charge in [0.1, 0.15) is 5.69 Å². The lowest BCUT2D eigenvalue weighted by molar-refractivity contribution is -0.384. The van der Waals surface area contributed by atoms with Crippen molar-refractivity contribution < 1.29 is 9.66 Å². The number of rotatable bonds is 6. The summed E-state index contributed by atoms with van der Waals surface area (Å²) in [6.07, 6.45) is 3.70. The lowest BCUT2D eigenvalue weighted by Gasteiger charge is -2.27. The third kappa shape index (κ3) is 4.38. The molecule has 1 aliphatic heterocycles. The maximum Gasteiger partial charge on any atom is 0.293 e. The molecule has 1 atom stereocenters. The molecule has 1 fully saturated rings. The van der Waals surface area contributed by atoms with Crippen molar-refractivity contribution in [3.8, 4) is 0 Å². The quantitative estimate of drug-likeness (QED) is 0.472. The van der Waals surface area contributed by atoms with E-state index in [1.54, 1.807) is 12.1 Å². The maximum atomic E-state index is 11.0. The highest BCUT2D eigenvalue weighted by Gasteiger charge is 2.18. The van der Waals surface area contributed by atoms with Crippen molar-refractivity contribution in [3.05, 3.63) is 33.9 Å². The molecule has 21 heavy (non-hydrogen) atoms. The molecule has 0 bridgehead atoms. The van der Waals surface area contributed by atoms with Gasteiger partial charge in [-0.1, -0.05) is 6.07 Å². The molecular weight excluding hydrogens is 272 g/mol. The number of nitrogen functional groups attached to an aromatic ring is 1. The molecule has 1 heterocycles. The van der Waals surface area contributed by atoms with Crippen LogP contribution in [-0.4, -0.2) is 36.1 Å². The molecular formula is C14H22N4O3. The first-order valence-electron chi connectivity index (χ1n) is 7.14. The van der Waals surface area contributed by atoms with Gasteiger partial charge in [-0.3, -0.25) is 20.9 Å². The molecule has 7 heteroatoms. The van der Waals surface area contributed by atoms with Crippen molar-refractivity contribution in [2.24, 2.45) is 5.84 Å². The molecule has 0 radical (unpaired) electrons. The van der Waals surface area contributed by atoms with Gasteiger partial charge in [0, 0.05) is 25.8 Å². The molecule has 7 nitrogen and oxygen atoms in total. The summed E-state index contributed by atoms with van der Waals surface area (Å²) in [5, 5.41) is 11.0. The third-order valence-electron chi connectivity index (χ3n) is 3.66. The second-order valence-corrected chi connectivity index (χ2v) is 5.44. The van der Waals surface area contributed by atoms with E-state index in [2.05, 4.69) is 10.3 Å². The zero-order chi connectivity index (χ0) is 15.2. The zero-order valence-corrected chi connectivity index (χ0v) is 12.2. The molecule has 1 saturated heterocycles. The summed E-state index contributed by atoms with van der Waals surface area (Å²) in [6.45, 7) is 2.32. The standard InChI is InChI=1S/C14H22N4O3/c1-17(10-12-4-2-3-7-21-12)9-11-5-6-13(16-15)14(8-11)18(19)20/h5-6,8,12,16H,2-4,7,9-10,15H2,1H3. The number of anilines is 1. The molecule has 3 N–H and O–H groups in total. The van der Waals surface area contributed by atoms with Crippen LogP contribution in [0.5, 0.6) is 0 Å². The lowest BCUT2D eigenvalue weighted by Crippen LogP contribution is -2.33. The fourth-order valence-corrected chi connectivity index (χ4v) is 2.62. The molecule has 1 aliphatic rings. The highest BCUT2D eigenvalue weighted by molar-refractivity contribution is 5.61. The SMILES string of the molecule is CN(Cc1ccc(NN)c([N+](=O)[O-])c1)CC1CCCCO1. The number of hydrogen-bond donors (Lipinski definition) is 2. The van der Waals surface area contributed by atoms with Crippen molar-refractivity contribution in [2.45, 2.75) is 31.9 Å². The van der Waals surface area contributed by atoms with Crippen LogP contribution in [0.25, 0.3) is 0 Å². The Balaban J connectivity index is 1.98. The second kappa shape index (κ2) is 7.35. The average Bonchev–Trinajstić information content (AvgIpc) is 2.48. The monoisotopic (exact) mass is 294 g/mol. The summed E-state index contributed by atoms with van der Waals surface area (Å²) < 4.78 is 5.71. The van der Waals surface area contributed by atoms with Crippen molar-refractivity contribution >= 4 is 11.4 Å². The second-order valence-electron chi connectivity index (χ2n) is 5.44. The van der Waals surface area contributed by atoms with E-state index >= 15 is 0 Å². The molecule has 0 aromatic heterocycles. The average molecular weight is 294 g/mol. The van der Waals surface area contributed by atoms with Crippen molar-refractivity contribution in [1.82, 2.24) is 4.90 Å². The Labute approximate surface area is 124 Å². The van der Waals surface area contributed by atoms with Crippen LogP contribution in [0.4, 0.5) is 11.4 Å². The van der Waals surface area contributed by atoms with Crippen LogP contribution in [-0.2, 0) is 11.3 Å². The van der Waals surface area contributed by atoms with Crippen molar-refractivity contribution in [2.75, 3.05) is 25.6 Å². The Bertz CT molecular complexity index is 489. The zero-order valence-electron chi connectivity index (χ0n) is 12.2. The molecule has 0 amide bonds. The Morgan fingerprint density at radius 2 is 2.33 bits per heavy atom. The first kappa shape index (κ1) is 15.7. The number of nitro groups is 1. The van der Waals surface area contributed by atoms with Gasteiger partial charge in [0.2, 0.25) is 0 Å². The van der Waals surface area contributed by atoms with E-state index in [0.717, 1.165) is 31.6 Å². The van der Waals surface area contributed by atoms with Gasteiger partial charge < -0.3 is 10.2 Å². The molecule has 0 saturated carbocycles. The number of benzene rings is 1. The van der Waals surface area contributed by atoms with Gasteiger partial charge in [0.05, 0.1) is 11.0 Å². The number of likely N-dealkylation sites (N-methyl/N-ethyl adjacent to an activating group) is 1. The minimum absolute atomic E-state index is 0.00248. The minimum atomic E-state index is -0.428. The van der Waals surface area contributed by atoms with Gasteiger partial charge in [0.15, 0.2) is 0 Å². The topological polar surface area (TPSA) is 93.7 Å². The number of hydrazine groups is 1. The van der Waals surface area contributed by atoms with Crippen LogP contribution < -0.4 is 11.3 Å². The number of hydrogen-bond acceptors (Lipinski definition) is 6. The maximum absolute atomic E-state index is 11.0. The summed E-state index contributed by atoms with van der Waals surface area (Å²) in [4.78, 5) is 12.7. The van der Waals surface area contributed by atoms with E-state index < -0.39 is 4.92 Å². The van der Waals surface area contributed by atoms with Gasteiger partial charge in [-0.15, -0.1) is 0 Å². The molecule has 1 aromatic carbocycles. The highest BCUT2D eigenvalue weighted by Crippen LogP contribution is 2.25. The fraction of sp³-hybridized carbons (Fsp3) is 0.571. The van der Waals surface area contributed by atoms with E-state index in [4.69, 9.17) is 10.6 Å². The number of nitrogens with two attached hydrogens (primary N) is 1. The number of nitrogens with one attached hydrogen (secondary N) is 1. The van der Waals surface area contributed by atoms with E-state index in [9.17, 15) is 10.1 Å². The smallest absolute Gasteiger partial charge is 0.293 e. The Kier molecular flexibility index (Phi) is 5.49. The Morgan fingerprint density at radius 3 is 2.95 bits per heavy atom. The summed E-state index contributed by atoms with van der Waals surface area (Å²) in [5.74, 6) is 5.28. The van der Waals surface area contributed by atoms with E-state index in [-0.39, 0.29) is 11.8 Å². The molecule has 116 valence electrons. The normalized spacial score (nSPS) is 18.7. The van der Waals surface area contributed by atoms with Crippen LogP contribution >= 0.6 is 0 Å². The minimum Gasteiger partial charge on any atom is -0.377 e. The van der Waals surface area contributed by atoms with Crippen LogP contribution in [0.3, 0.4) is 0 Å². The molecule has 1 aromatic rings. The van der Waals surface area contributed by atoms with Crippen molar-refractivity contribution in [1.29, 1.82) is 0 Å². The van der Waals surface area contributed by atoms with Gasteiger partial charge in [-0.2, -0.15) is 0 Å². The molecule has 1 unspecified atom stereocenters. The number of nitrogens with zero attached hydrogens (tertiary/aromatic N) is 2. The fourth-order valence-electron chi connectivity index (χ4n) is 2.62. The van der Waals surface area contributed by atoms with Crippen molar-refractivity contribution in [3.63, 3.8) is 0 Å². The molecule has 2 rings (SSSR count). The highest BCUT2D eigenvalue weighted by atomic mass is 16.6. The third-order valence-corrected chi connectivity index (χ3v) is 3.66. The Morgan fingerprint density at radius 1 is 1.52 bits per heavy atom. The van der Waals surface area contributed by atoms with Crippen LogP contribution in [0.1, 0.15) is 24.8 Å². The summed E-state index contributed by atoms with van der Waals surface area (Å²) in [5.41, 5.74) is 3.55. The first-order chi connectivity index (χ1) is 10.1. The van der Waals surface area contributed by atoms with Crippen LogP contribution in [0.2, 0.25) is 0 Å². The van der Waals surface area contributed by atoms with Gasteiger partial charge in [0.25, 0.3) is 5.69 Å².